The molecule has 1 N–H and O–H groups in total. The lowest BCUT2D eigenvalue weighted by atomic mass is 10.0. The van der Waals surface area contributed by atoms with Crippen LogP contribution in [0.2, 0.25) is 0 Å². The SMILES string of the molecule is CC/C=C/C=C/C=C/CCCCCCCCCC(=O)OC(/C=C/CCCCCCCCCCCCC)C(COP(=O)([O-])OCC[N+](C)(C)C)NC(=O)CC/C=C/C/C=C\CCCCCCCC. The first kappa shape index (κ1) is 64.5. The lowest BCUT2D eigenvalue weighted by molar-refractivity contribution is -0.870. The van der Waals surface area contributed by atoms with Crippen molar-refractivity contribution in [1.29, 1.82) is 0 Å². The average molecular weight is 959 g/mol. The molecule has 0 aliphatic heterocycles. The number of allylic oxidation sites excluding steroid dienone is 11. The van der Waals surface area contributed by atoms with Crippen LogP contribution in [0.3, 0.4) is 0 Å². The molecule has 0 fully saturated rings. The highest BCUT2D eigenvalue weighted by molar-refractivity contribution is 7.45. The quantitative estimate of drug-likeness (QED) is 0.0161. The summed E-state index contributed by atoms with van der Waals surface area (Å²) in [6, 6.07) is -0.924. The molecule has 0 aromatic carbocycles. The summed E-state index contributed by atoms with van der Waals surface area (Å²) in [5.41, 5.74) is 0. The van der Waals surface area contributed by atoms with Gasteiger partial charge in [-0.15, -0.1) is 0 Å². The third-order valence-corrected chi connectivity index (χ3v) is 12.7. The highest BCUT2D eigenvalue weighted by Crippen LogP contribution is 2.38. The Kier molecular flexibility index (Phi) is 45.3. The van der Waals surface area contributed by atoms with E-state index in [0.717, 1.165) is 64.2 Å². The Hall–Kier alpha value is -2.55. The van der Waals surface area contributed by atoms with Crippen LogP contribution in [0, 0.1) is 0 Å². The number of hydrogen-bond acceptors (Lipinski definition) is 7. The number of phosphoric acid groups is 1. The fourth-order valence-electron chi connectivity index (χ4n) is 7.45. The van der Waals surface area contributed by atoms with Crippen molar-refractivity contribution in [2.45, 2.75) is 238 Å². The van der Waals surface area contributed by atoms with Gasteiger partial charge in [0.2, 0.25) is 5.91 Å². The zero-order valence-electron chi connectivity index (χ0n) is 44.1. The van der Waals surface area contributed by atoms with E-state index in [4.69, 9.17) is 13.8 Å². The van der Waals surface area contributed by atoms with Gasteiger partial charge in [-0.2, -0.15) is 0 Å². The van der Waals surface area contributed by atoms with Crippen LogP contribution < -0.4 is 10.2 Å². The summed E-state index contributed by atoms with van der Waals surface area (Å²) in [6.45, 7) is 6.64. The first-order valence-corrected chi connectivity index (χ1v) is 28.7. The van der Waals surface area contributed by atoms with Crippen molar-refractivity contribution in [3.8, 4) is 0 Å². The smallest absolute Gasteiger partial charge is 0.306 e. The molecular formula is C57H103N2O7P. The Labute approximate surface area is 413 Å². The van der Waals surface area contributed by atoms with Gasteiger partial charge in [-0.05, 0) is 70.3 Å². The number of nitrogens with one attached hydrogen (secondary N) is 1. The van der Waals surface area contributed by atoms with E-state index in [1.165, 1.54) is 116 Å². The number of nitrogens with zero attached hydrogens (tertiary/aromatic N) is 1. The summed E-state index contributed by atoms with van der Waals surface area (Å²) < 4.78 is 30.1. The Morgan fingerprint density at radius 1 is 0.552 bits per heavy atom. The van der Waals surface area contributed by atoms with Crippen LogP contribution in [0.1, 0.15) is 226 Å². The van der Waals surface area contributed by atoms with Gasteiger partial charge in [0.1, 0.15) is 19.3 Å². The molecule has 0 rings (SSSR count). The molecule has 0 aliphatic carbocycles. The van der Waals surface area contributed by atoms with Gasteiger partial charge in [0.15, 0.2) is 0 Å². The van der Waals surface area contributed by atoms with Crippen LogP contribution in [0.5, 0.6) is 0 Å². The average Bonchev–Trinajstić information content (AvgIpc) is 3.28. The van der Waals surface area contributed by atoms with E-state index in [2.05, 4.69) is 80.8 Å². The first-order valence-electron chi connectivity index (χ1n) is 27.3. The molecule has 10 heteroatoms. The molecule has 0 aliphatic rings. The maximum Gasteiger partial charge on any atom is 0.306 e. The number of amides is 1. The number of quaternary nitrogens is 1. The van der Waals surface area contributed by atoms with E-state index in [1.54, 1.807) is 0 Å². The number of carbonyl (C=O) groups excluding carboxylic acids is 2. The highest BCUT2D eigenvalue weighted by Gasteiger charge is 2.27. The van der Waals surface area contributed by atoms with Gasteiger partial charge >= 0.3 is 5.97 Å². The van der Waals surface area contributed by atoms with E-state index >= 15 is 0 Å². The van der Waals surface area contributed by atoms with E-state index in [-0.39, 0.29) is 31.3 Å². The predicted octanol–water partition coefficient (Wildman–Crippen LogP) is 15.5. The molecule has 0 aromatic heterocycles. The summed E-state index contributed by atoms with van der Waals surface area (Å²) in [4.78, 5) is 39.7. The van der Waals surface area contributed by atoms with E-state index in [9.17, 15) is 19.0 Å². The molecule has 0 radical (unpaired) electrons. The number of likely N-dealkylation sites (N-methyl/N-ethyl adjacent to an activating group) is 1. The van der Waals surface area contributed by atoms with Gasteiger partial charge in [-0.3, -0.25) is 14.2 Å². The molecule has 0 spiro atoms. The molecule has 0 saturated heterocycles. The Balaban J connectivity index is 5.51. The number of rotatable bonds is 48. The Morgan fingerprint density at radius 2 is 1.03 bits per heavy atom. The normalized spacial score (nSPS) is 14.4. The van der Waals surface area contributed by atoms with Gasteiger partial charge in [0.05, 0.1) is 33.8 Å². The number of phosphoric ester groups is 1. The Bertz CT molecular complexity index is 1380. The highest BCUT2D eigenvalue weighted by atomic mass is 31.2. The molecule has 3 atom stereocenters. The second kappa shape index (κ2) is 47.1. The minimum absolute atomic E-state index is 0.0360. The lowest BCUT2D eigenvalue weighted by Crippen LogP contribution is -2.47. The summed E-state index contributed by atoms with van der Waals surface area (Å²) >= 11 is 0. The molecule has 67 heavy (non-hydrogen) atoms. The summed E-state index contributed by atoms with van der Waals surface area (Å²) in [5, 5.41) is 2.97. The van der Waals surface area contributed by atoms with Crippen molar-refractivity contribution in [2.75, 3.05) is 40.9 Å². The zero-order chi connectivity index (χ0) is 49.4. The molecule has 0 heterocycles. The van der Waals surface area contributed by atoms with Crippen LogP contribution in [0.15, 0.2) is 72.9 Å². The van der Waals surface area contributed by atoms with Crippen LogP contribution in [0.25, 0.3) is 0 Å². The minimum atomic E-state index is -4.71. The van der Waals surface area contributed by atoms with E-state index in [0.29, 0.717) is 23.9 Å². The van der Waals surface area contributed by atoms with Gasteiger partial charge in [-0.25, -0.2) is 0 Å². The van der Waals surface area contributed by atoms with Crippen LogP contribution in [0.4, 0.5) is 0 Å². The Morgan fingerprint density at radius 3 is 1.57 bits per heavy atom. The zero-order valence-corrected chi connectivity index (χ0v) is 45.0. The first-order chi connectivity index (χ1) is 32.4. The summed E-state index contributed by atoms with van der Waals surface area (Å²) in [7, 11) is 1.14. The molecule has 3 unspecified atom stereocenters. The predicted molar refractivity (Wildman–Crippen MR) is 284 cm³/mol. The van der Waals surface area contributed by atoms with Gasteiger partial charge < -0.3 is 28.5 Å². The second-order valence-electron chi connectivity index (χ2n) is 19.4. The monoisotopic (exact) mass is 959 g/mol. The number of esters is 1. The van der Waals surface area contributed by atoms with E-state index < -0.39 is 26.6 Å². The topological polar surface area (TPSA) is 114 Å². The maximum atomic E-state index is 13.4. The second-order valence-corrected chi connectivity index (χ2v) is 20.8. The van der Waals surface area contributed by atoms with Crippen molar-refractivity contribution < 1.29 is 37.3 Å². The molecule has 9 nitrogen and oxygen atoms in total. The lowest BCUT2D eigenvalue weighted by Gasteiger charge is -2.30. The molecule has 1 amide bonds. The standard InChI is InChI=1S/C57H103N2O7P/c1-7-10-13-16-19-22-25-28-29-32-35-38-41-44-47-50-57(61)66-55(48-45-42-39-36-33-30-26-23-20-17-14-11-8-2)54(53-65-67(62,63)64-52-51-59(4,5)6)58-56(60)49-46-43-40-37-34-31-27-24-21-18-15-12-9-3/h10,13,16,19,22,25,31,34,40,43,45,48,54-55H,7-9,11-12,14-15,17-18,20-21,23-24,26-30,32-33,35-39,41-42,44,46-47,49-53H2,1-6H3,(H-,58,60,62,63)/b13-10+,19-16+,25-22+,34-31-,43-40+,48-45+. The molecule has 0 saturated carbocycles. The number of ether oxygens (including phenoxy) is 1. The summed E-state index contributed by atoms with van der Waals surface area (Å²) in [5.74, 6) is -0.636. The van der Waals surface area contributed by atoms with Crippen molar-refractivity contribution in [1.82, 2.24) is 5.32 Å². The van der Waals surface area contributed by atoms with Crippen LogP contribution in [-0.2, 0) is 27.9 Å². The van der Waals surface area contributed by atoms with Crippen molar-refractivity contribution in [3.63, 3.8) is 0 Å². The molecule has 388 valence electrons. The number of carbonyl (C=O) groups is 2. The number of hydrogen-bond donors (Lipinski definition) is 1. The van der Waals surface area contributed by atoms with Crippen molar-refractivity contribution >= 4 is 19.7 Å². The third-order valence-electron chi connectivity index (χ3n) is 11.7. The van der Waals surface area contributed by atoms with Gasteiger partial charge in [0, 0.05) is 12.8 Å². The molecule has 0 aromatic rings. The molecular weight excluding hydrogens is 856 g/mol. The minimum Gasteiger partial charge on any atom is -0.756 e. The molecule has 0 bridgehead atoms. The number of unbranched alkanes of at least 4 members (excludes halogenated alkanes) is 24. The van der Waals surface area contributed by atoms with Crippen LogP contribution >= 0.6 is 7.82 Å². The largest absolute Gasteiger partial charge is 0.756 e. The fourth-order valence-corrected chi connectivity index (χ4v) is 8.18. The van der Waals surface area contributed by atoms with Crippen LogP contribution in [-0.4, -0.2) is 69.4 Å². The summed E-state index contributed by atoms with van der Waals surface area (Å²) in [6.07, 6.45) is 58.8. The third kappa shape index (κ3) is 48.3. The maximum absolute atomic E-state index is 13.4. The van der Waals surface area contributed by atoms with E-state index in [1.807, 2.05) is 39.4 Å². The van der Waals surface area contributed by atoms with Gasteiger partial charge in [0.25, 0.3) is 7.82 Å². The van der Waals surface area contributed by atoms with Crippen molar-refractivity contribution in [3.05, 3.63) is 72.9 Å². The van der Waals surface area contributed by atoms with Gasteiger partial charge in [-0.1, -0.05) is 216 Å². The van der Waals surface area contributed by atoms with Crippen molar-refractivity contribution in [2.24, 2.45) is 0 Å². The fraction of sp³-hybridized carbons (Fsp3) is 0.754.